The number of hydrogen-bond donors (Lipinski definition) is 1. The fraction of sp³-hybridized carbons (Fsp3) is 0.136. The first-order valence-corrected chi connectivity index (χ1v) is 8.95. The lowest BCUT2D eigenvalue weighted by Crippen LogP contribution is -2.24. The van der Waals surface area contributed by atoms with Crippen LogP contribution in [0.1, 0.15) is 27.4 Å². The van der Waals surface area contributed by atoms with Crippen molar-refractivity contribution in [2.75, 3.05) is 0 Å². The molecule has 28 heavy (non-hydrogen) atoms. The summed E-state index contributed by atoms with van der Waals surface area (Å²) < 4.78 is 10.6. The highest BCUT2D eigenvalue weighted by molar-refractivity contribution is 6.00. The largest absolute Gasteiger partial charge is 0.361 e. The molecule has 140 valence electrons. The Hall–Kier alpha value is -3.67. The molecule has 0 fully saturated rings. The van der Waals surface area contributed by atoms with E-state index >= 15 is 0 Å². The number of aryl methyl sites for hydroxylation is 2. The molecule has 6 nitrogen and oxygen atoms in total. The van der Waals surface area contributed by atoms with Crippen molar-refractivity contribution in [1.29, 1.82) is 0 Å². The van der Waals surface area contributed by atoms with Crippen LogP contribution in [0, 0.1) is 13.8 Å². The van der Waals surface area contributed by atoms with Crippen LogP contribution < -0.4 is 5.32 Å². The highest BCUT2D eigenvalue weighted by Crippen LogP contribution is 2.27. The third kappa shape index (κ3) is 3.32. The van der Waals surface area contributed by atoms with E-state index in [1.165, 1.54) is 0 Å². The van der Waals surface area contributed by atoms with Crippen molar-refractivity contribution < 1.29 is 13.8 Å². The van der Waals surface area contributed by atoms with Crippen molar-refractivity contribution in [1.82, 2.24) is 15.6 Å². The van der Waals surface area contributed by atoms with Crippen molar-refractivity contribution in [3.63, 3.8) is 0 Å². The van der Waals surface area contributed by atoms with Crippen LogP contribution in [0.2, 0.25) is 0 Å². The lowest BCUT2D eigenvalue weighted by atomic mass is 10.0. The number of hydrogen-bond acceptors (Lipinski definition) is 5. The maximum absolute atomic E-state index is 12.9. The van der Waals surface area contributed by atoms with Crippen molar-refractivity contribution >= 4 is 5.91 Å². The minimum absolute atomic E-state index is 0.253. The first-order valence-electron chi connectivity index (χ1n) is 8.95. The van der Waals surface area contributed by atoms with Crippen molar-refractivity contribution in [3.8, 4) is 22.5 Å². The van der Waals surface area contributed by atoms with Gasteiger partial charge in [-0.05, 0) is 13.8 Å². The first-order chi connectivity index (χ1) is 13.6. The molecule has 4 aromatic rings. The average Bonchev–Trinajstić information content (AvgIpc) is 3.30. The Kier molecular flexibility index (Phi) is 4.76. The minimum atomic E-state index is -0.253. The van der Waals surface area contributed by atoms with Crippen LogP contribution in [0.3, 0.4) is 0 Å². The van der Waals surface area contributed by atoms with Crippen LogP contribution >= 0.6 is 0 Å². The molecule has 6 heteroatoms. The molecule has 1 N–H and O–H groups in total. The van der Waals surface area contributed by atoms with E-state index in [0.717, 1.165) is 22.4 Å². The molecule has 2 heterocycles. The van der Waals surface area contributed by atoms with Gasteiger partial charge in [-0.2, -0.15) is 0 Å². The number of benzene rings is 2. The summed E-state index contributed by atoms with van der Waals surface area (Å²) in [6, 6.07) is 19.2. The molecule has 0 bridgehead atoms. The van der Waals surface area contributed by atoms with E-state index in [2.05, 4.69) is 15.6 Å². The molecule has 4 rings (SSSR count). The van der Waals surface area contributed by atoms with E-state index < -0.39 is 0 Å². The molecule has 0 spiro atoms. The number of carbonyl (C=O) groups excluding carboxylic acids is 1. The Bertz CT molecular complexity index is 1100. The highest BCUT2D eigenvalue weighted by Gasteiger charge is 2.22. The molecule has 0 aliphatic rings. The molecule has 0 saturated carbocycles. The number of nitrogens with one attached hydrogen (secondary N) is 1. The lowest BCUT2D eigenvalue weighted by Gasteiger charge is -2.07. The van der Waals surface area contributed by atoms with Crippen LogP contribution in [0.15, 0.2) is 69.7 Å². The van der Waals surface area contributed by atoms with Gasteiger partial charge in [0, 0.05) is 23.2 Å². The van der Waals surface area contributed by atoms with Gasteiger partial charge in [0.25, 0.3) is 5.91 Å². The molecule has 2 aromatic heterocycles. The normalized spacial score (nSPS) is 10.8. The summed E-state index contributed by atoms with van der Waals surface area (Å²) >= 11 is 0. The maximum Gasteiger partial charge on any atom is 0.257 e. The third-order valence-electron chi connectivity index (χ3n) is 4.59. The number of amides is 1. The Morgan fingerprint density at radius 2 is 1.36 bits per heavy atom. The second-order valence-corrected chi connectivity index (χ2v) is 6.44. The second kappa shape index (κ2) is 7.52. The van der Waals surface area contributed by atoms with Gasteiger partial charge >= 0.3 is 0 Å². The molecule has 0 radical (unpaired) electrons. The van der Waals surface area contributed by atoms with Crippen LogP contribution in [-0.2, 0) is 6.54 Å². The van der Waals surface area contributed by atoms with Gasteiger partial charge in [-0.1, -0.05) is 71.0 Å². The second-order valence-electron chi connectivity index (χ2n) is 6.44. The van der Waals surface area contributed by atoms with Crippen molar-refractivity contribution in [3.05, 3.63) is 83.3 Å². The number of aromatic nitrogens is 2. The van der Waals surface area contributed by atoms with E-state index in [-0.39, 0.29) is 12.5 Å². The average molecular weight is 373 g/mol. The van der Waals surface area contributed by atoms with Crippen molar-refractivity contribution in [2.24, 2.45) is 0 Å². The maximum atomic E-state index is 12.9. The quantitative estimate of drug-likeness (QED) is 0.555. The van der Waals surface area contributed by atoms with E-state index in [4.69, 9.17) is 9.05 Å². The molecule has 1 amide bonds. The number of carbonyl (C=O) groups is 1. The van der Waals surface area contributed by atoms with Gasteiger partial charge in [0.15, 0.2) is 0 Å². The number of rotatable bonds is 5. The molecule has 0 atom stereocenters. The zero-order valence-electron chi connectivity index (χ0n) is 15.6. The molecule has 0 aliphatic carbocycles. The van der Waals surface area contributed by atoms with Gasteiger partial charge in [0.1, 0.15) is 28.5 Å². The monoisotopic (exact) mass is 373 g/mol. The Balaban J connectivity index is 1.59. The Labute approximate surface area is 162 Å². The topological polar surface area (TPSA) is 81.2 Å². The predicted octanol–water partition coefficient (Wildman–Crippen LogP) is 4.54. The van der Waals surface area contributed by atoms with Crippen molar-refractivity contribution in [2.45, 2.75) is 20.4 Å². The van der Waals surface area contributed by atoms with Crippen LogP contribution in [0.5, 0.6) is 0 Å². The van der Waals surface area contributed by atoms with Crippen LogP contribution in [-0.4, -0.2) is 16.2 Å². The number of nitrogens with zero attached hydrogens (tertiary/aromatic N) is 2. The minimum Gasteiger partial charge on any atom is -0.361 e. The van der Waals surface area contributed by atoms with Gasteiger partial charge in [-0.15, -0.1) is 0 Å². The Morgan fingerprint density at radius 3 is 2.00 bits per heavy atom. The third-order valence-corrected chi connectivity index (χ3v) is 4.59. The van der Waals surface area contributed by atoms with E-state index in [9.17, 15) is 4.79 Å². The molecule has 0 saturated heterocycles. The highest BCUT2D eigenvalue weighted by atomic mass is 16.5. The molecular formula is C22H19N3O3. The lowest BCUT2D eigenvalue weighted by molar-refractivity contribution is 0.0950. The van der Waals surface area contributed by atoms with Gasteiger partial charge in [0.2, 0.25) is 0 Å². The van der Waals surface area contributed by atoms with Crippen LogP contribution in [0.4, 0.5) is 0 Å². The summed E-state index contributed by atoms with van der Waals surface area (Å²) in [5.41, 5.74) is 4.30. The van der Waals surface area contributed by atoms with E-state index in [1.54, 1.807) is 6.92 Å². The molecular weight excluding hydrogens is 354 g/mol. The molecule has 0 unspecified atom stereocenters. The summed E-state index contributed by atoms with van der Waals surface area (Å²) in [5.74, 6) is 0.892. The summed E-state index contributed by atoms with van der Waals surface area (Å²) in [6.45, 7) is 3.85. The summed E-state index contributed by atoms with van der Waals surface area (Å²) in [5, 5.41) is 11.2. The Morgan fingerprint density at radius 1 is 0.821 bits per heavy atom. The SMILES string of the molecule is Cc1onc(-c2ccccc2)c1CNC(=O)c1c(-c2ccccc2)noc1C. The molecule has 2 aromatic carbocycles. The summed E-state index contributed by atoms with van der Waals surface area (Å²) in [4.78, 5) is 12.9. The predicted molar refractivity (Wildman–Crippen MR) is 105 cm³/mol. The first kappa shape index (κ1) is 17.7. The van der Waals surface area contributed by atoms with Gasteiger partial charge in [-0.3, -0.25) is 4.79 Å². The van der Waals surface area contributed by atoms with Gasteiger partial charge in [0.05, 0.1) is 0 Å². The smallest absolute Gasteiger partial charge is 0.257 e. The fourth-order valence-electron chi connectivity index (χ4n) is 3.11. The zero-order valence-corrected chi connectivity index (χ0v) is 15.6. The summed E-state index contributed by atoms with van der Waals surface area (Å²) in [7, 11) is 0. The summed E-state index contributed by atoms with van der Waals surface area (Å²) in [6.07, 6.45) is 0. The van der Waals surface area contributed by atoms with Crippen LogP contribution in [0.25, 0.3) is 22.5 Å². The molecule has 0 aliphatic heterocycles. The zero-order chi connectivity index (χ0) is 19.5. The van der Waals surface area contributed by atoms with E-state index in [0.29, 0.717) is 22.8 Å². The fourth-order valence-corrected chi connectivity index (χ4v) is 3.11. The van der Waals surface area contributed by atoms with Gasteiger partial charge in [-0.25, -0.2) is 0 Å². The van der Waals surface area contributed by atoms with Gasteiger partial charge < -0.3 is 14.4 Å². The van der Waals surface area contributed by atoms with E-state index in [1.807, 2.05) is 67.6 Å². The standard InChI is InChI=1S/C22H19N3O3/c1-14-18(20(24-27-14)16-9-5-3-6-10-16)13-23-22(26)19-15(2)28-25-21(19)17-11-7-4-8-12-17/h3-12H,13H2,1-2H3,(H,23,26).